The van der Waals surface area contributed by atoms with Crippen LogP contribution in [0.1, 0.15) is 13.8 Å². The summed E-state index contributed by atoms with van der Waals surface area (Å²) in [6.07, 6.45) is -2.46. The molecule has 9 nitrogen and oxygen atoms in total. The van der Waals surface area contributed by atoms with Gasteiger partial charge in [-0.05, 0) is 13.8 Å². The molecule has 0 spiro atoms. The minimum Gasteiger partial charge on any atom is -0.479 e. The molecule has 0 aliphatic carbocycles. The van der Waals surface area contributed by atoms with Crippen LogP contribution in [0.3, 0.4) is 0 Å². The Bertz CT molecular complexity index is 140. The predicted molar refractivity (Wildman–Crippen MR) is 49.5 cm³/mol. The number of aliphatic hydroxyl groups is 2. The van der Waals surface area contributed by atoms with Crippen LogP contribution in [-0.2, 0) is 26.7 Å². The Morgan fingerprint density at radius 3 is 0.875 bits per heavy atom. The molecule has 16 heavy (non-hydrogen) atoms. The summed E-state index contributed by atoms with van der Waals surface area (Å²) in [4.78, 5) is 18.9. The van der Waals surface area contributed by atoms with Gasteiger partial charge in [-0.3, -0.25) is 0 Å². The van der Waals surface area contributed by atoms with Crippen LogP contribution in [0.15, 0.2) is 0 Å². The SMILES string of the molecule is CC(O)C(=O)O.CC(O)C(=O)O.O.O.O.[Fe]. The number of hydrogen-bond acceptors (Lipinski definition) is 4. The van der Waals surface area contributed by atoms with Gasteiger partial charge in [-0.15, -0.1) is 0 Å². The van der Waals surface area contributed by atoms with Crippen molar-refractivity contribution in [2.75, 3.05) is 0 Å². The van der Waals surface area contributed by atoms with Crippen LogP contribution in [0.2, 0.25) is 0 Å². The Hall–Kier alpha value is -0.741. The van der Waals surface area contributed by atoms with Gasteiger partial charge in [0.25, 0.3) is 0 Å². The minimum atomic E-state index is -1.23. The first kappa shape index (κ1) is 36.2. The Balaban J connectivity index is -0.0000000250. The number of carboxylic acid groups (broad SMARTS) is 2. The molecule has 2 unspecified atom stereocenters. The van der Waals surface area contributed by atoms with Crippen LogP contribution in [0.25, 0.3) is 0 Å². The standard InChI is InChI=1S/2C3H6O3.Fe.3H2O/c2*1-2(4)3(5)6;;;;/h2*2,4H,1H3,(H,5,6);;3*1H2. The first-order valence-electron chi connectivity index (χ1n) is 3.10. The zero-order valence-corrected chi connectivity index (χ0v) is 9.72. The molecule has 0 radical (unpaired) electrons. The number of aliphatic carboxylic acids is 2. The van der Waals surface area contributed by atoms with E-state index >= 15 is 0 Å². The van der Waals surface area contributed by atoms with Crippen LogP contribution < -0.4 is 0 Å². The summed E-state index contributed by atoms with van der Waals surface area (Å²) in [5.74, 6) is -2.37. The zero-order valence-electron chi connectivity index (χ0n) is 8.61. The molecular weight excluding hydrogens is 272 g/mol. The van der Waals surface area contributed by atoms with Gasteiger partial charge in [0.2, 0.25) is 0 Å². The average molecular weight is 290 g/mol. The maximum absolute atomic E-state index is 9.45. The second-order valence-electron chi connectivity index (χ2n) is 2.03. The average Bonchev–Trinajstić information content (AvgIpc) is 1.88. The Morgan fingerprint density at radius 1 is 0.812 bits per heavy atom. The van der Waals surface area contributed by atoms with Gasteiger partial charge < -0.3 is 36.9 Å². The van der Waals surface area contributed by atoms with Crippen molar-refractivity contribution in [3.63, 3.8) is 0 Å². The number of hydrogen-bond donors (Lipinski definition) is 4. The molecule has 0 aromatic heterocycles. The van der Waals surface area contributed by atoms with Crippen LogP contribution in [0.4, 0.5) is 0 Å². The van der Waals surface area contributed by atoms with E-state index < -0.39 is 24.1 Å². The maximum atomic E-state index is 9.45. The summed E-state index contributed by atoms with van der Waals surface area (Å²) in [5, 5.41) is 31.5. The van der Waals surface area contributed by atoms with Gasteiger partial charge in [0.05, 0.1) is 0 Å². The first-order chi connectivity index (χ1) is 5.29. The summed E-state index contributed by atoms with van der Waals surface area (Å²) >= 11 is 0. The Kier molecular flexibility index (Phi) is 44.7. The summed E-state index contributed by atoms with van der Waals surface area (Å²) < 4.78 is 0. The molecule has 0 fully saturated rings. The molecule has 0 bridgehead atoms. The maximum Gasteiger partial charge on any atom is 0.332 e. The van der Waals surface area contributed by atoms with Crippen LogP contribution in [0, 0.1) is 0 Å². The molecule has 2 atom stereocenters. The normalized spacial score (nSPS) is 10.2. The van der Waals surface area contributed by atoms with E-state index in [0.717, 1.165) is 0 Å². The second kappa shape index (κ2) is 19.8. The van der Waals surface area contributed by atoms with Crippen LogP contribution >= 0.6 is 0 Å². The van der Waals surface area contributed by atoms with E-state index in [9.17, 15) is 9.59 Å². The molecule has 0 aromatic rings. The fourth-order valence-corrected chi connectivity index (χ4v) is 0. The molecule has 0 aliphatic rings. The van der Waals surface area contributed by atoms with E-state index in [1.807, 2.05) is 0 Å². The van der Waals surface area contributed by atoms with E-state index in [-0.39, 0.29) is 33.5 Å². The second-order valence-corrected chi connectivity index (χ2v) is 2.03. The van der Waals surface area contributed by atoms with Crippen LogP contribution in [0.5, 0.6) is 0 Å². The van der Waals surface area contributed by atoms with E-state index in [1.165, 1.54) is 13.8 Å². The smallest absolute Gasteiger partial charge is 0.332 e. The van der Waals surface area contributed by atoms with Crippen molar-refractivity contribution in [1.29, 1.82) is 0 Å². The Labute approximate surface area is 102 Å². The number of aliphatic hydroxyl groups excluding tert-OH is 2. The largest absolute Gasteiger partial charge is 0.479 e. The van der Waals surface area contributed by atoms with Crippen molar-refractivity contribution in [3.8, 4) is 0 Å². The molecule has 10 N–H and O–H groups in total. The summed E-state index contributed by atoms with van der Waals surface area (Å²) in [5.41, 5.74) is 0. The third-order valence-corrected chi connectivity index (χ3v) is 0.715. The number of rotatable bonds is 2. The third kappa shape index (κ3) is 37.8. The van der Waals surface area contributed by atoms with E-state index in [4.69, 9.17) is 20.4 Å². The summed E-state index contributed by atoms with van der Waals surface area (Å²) in [6, 6.07) is 0. The topological polar surface area (TPSA) is 210 Å². The molecule has 10 heteroatoms. The molecular formula is C6H18FeO9. The molecule has 0 amide bonds. The monoisotopic (exact) mass is 290 g/mol. The molecule has 0 rings (SSSR count). The van der Waals surface area contributed by atoms with Gasteiger partial charge in [-0.1, -0.05) is 0 Å². The molecule has 0 heterocycles. The van der Waals surface area contributed by atoms with Gasteiger partial charge >= 0.3 is 11.9 Å². The quantitative estimate of drug-likeness (QED) is 0.377. The zero-order chi connectivity index (χ0) is 10.3. The van der Waals surface area contributed by atoms with E-state index in [1.54, 1.807) is 0 Å². The fourth-order valence-electron chi connectivity index (χ4n) is 0. The van der Waals surface area contributed by atoms with Gasteiger partial charge in [0.15, 0.2) is 0 Å². The van der Waals surface area contributed by atoms with Crippen molar-refractivity contribution in [3.05, 3.63) is 0 Å². The van der Waals surface area contributed by atoms with Crippen molar-refractivity contribution in [2.24, 2.45) is 0 Å². The van der Waals surface area contributed by atoms with E-state index in [0.29, 0.717) is 0 Å². The van der Waals surface area contributed by atoms with Crippen molar-refractivity contribution in [2.45, 2.75) is 26.1 Å². The number of carbonyl (C=O) groups is 2. The molecule has 0 aromatic carbocycles. The van der Waals surface area contributed by atoms with Crippen LogP contribution in [-0.4, -0.2) is 61.0 Å². The van der Waals surface area contributed by atoms with Crippen molar-refractivity contribution < 1.29 is 63.5 Å². The van der Waals surface area contributed by atoms with Crippen molar-refractivity contribution >= 4 is 11.9 Å². The number of carboxylic acids is 2. The molecule has 0 aliphatic heterocycles. The van der Waals surface area contributed by atoms with Crippen molar-refractivity contribution in [1.82, 2.24) is 0 Å². The fraction of sp³-hybridized carbons (Fsp3) is 0.667. The molecule has 0 saturated carbocycles. The van der Waals surface area contributed by atoms with Gasteiger partial charge in [0.1, 0.15) is 12.2 Å². The van der Waals surface area contributed by atoms with Gasteiger partial charge in [-0.25, -0.2) is 9.59 Å². The minimum absolute atomic E-state index is 0. The summed E-state index contributed by atoms with van der Waals surface area (Å²) in [6.45, 7) is 2.39. The Morgan fingerprint density at radius 2 is 0.875 bits per heavy atom. The third-order valence-electron chi connectivity index (χ3n) is 0.715. The first-order valence-corrected chi connectivity index (χ1v) is 3.10. The molecule has 104 valence electrons. The molecule has 0 saturated heterocycles. The van der Waals surface area contributed by atoms with Gasteiger partial charge in [-0.2, -0.15) is 0 Å². The van der Waals surface area contributed by atoms with Gasteiger partial charge in [0, 0.05) is 17.1 Å². The van der Waals surface area contributed by atoms with E-state index in [2.05, 4.69) is 0 Å². The predicted octanol–water partition coefficient (Wildman–Crippen LogP) is -3.57. The summed E-state index contributed by atoms with van der Waals surface area (Å²) in [7, 11) is 0.